The topological polar surface area (TPSA) is 86.7 Å². The van der Waals surface area contributed by atoms with Gasteiger partial charge in [-0.25, -0.2) is 0 Å². The second kappa shape index (κ2) is 7.06. The molecule has 1 aromatic rings. The van der Waals surface area contributed by atoms with Crippen LogP contribution in [-0.2, 0) is 20.8 Å². The van der Waals surface area contributed by atoms with Crippen molar-refractivity contribution in [1.82, 2.24) is 5.32 Å². The Morgan fingerprint density at radius 2 is 2.05 bits per heavy atom. The predicted octanol–water partition coefficient (Wildman–Crippen LogP) is 1.34. The molecule has 1 atom stereocenters. The minimum absolute atomic E-state index is 0.0186. The van der Waals surface area contributed by atoms with Crippen LogP contribution in [-0.4, -0.2) is 35.5 Å². The average Bonchev–Trinajstić information content (AvgIpc) is 2.45. The van der Waals surface area contributed by atoms with E-state index in [4.69, 9.17) is 5.11 Å². The molecule has 0 fully saturated rings. The Bertz CT molecular complexity index is 585. The summed E-state index contributed by atoms with van der Waals surface area (Å²) in [6.45, 7) is 1.95. The van der Waals surface area contributed by atoms with E-state index in [1.54, 1.807) is 11.8 Å². The molecule has 22 heavy (non-hydrogen) atoms. The molecule has 0 saturated carbocycles. The highest BCUT2D eigenvalue weighted by Crippen LogP contribution is 2.27. The monoisotopic (exact) mass is 304 g/mol. The smallest absolute Gasteiger partial charge is 0.305 e. The molecule has 2 amide bonds. The van der Waals surface area contributed by atoms with Crippen LogP contribution >= 0.6 is 0 Å². The maximum Gasteiger partial charge on any atom is 0.305 e. The van der Waals surface area contributed by atoms with Crippen molar-refractivity contribution in [3.63, 3.8) is 0 Å². The second-order valence-electron chi connectivity index (χ2n) is 5.49. The van der Waals surface area contributed by atoms with E-state index in [0.29, 0.717) is 13.0 Å². The maximum absolute atomic E-state index is 12.1. The van der Waals surface area contributed by atoms with Crippen LogP contribution in [0.3, 0.4) is 0 Å². The lowest BCUT2D eigenvalue weighted by molar-refractivity contribution is -0.137. The highest BCUT2D eigenvalue weighted by Gasteiger charge is 2.24. The number of hydrogen-bond acceptors (Lipinski definition) is 3. The summed E-state index contributed by atoms with van der Waals surface area (Å²) in [4.78, 5) is 36.1. The molecule has 118 valence electrons. The number of amides is 2. The molecule has 6 nitrogen and oxygen atoms in total. The third-order valence-electron chi connectivity index (χ3n) is 3.64. The number of nitrogens with zero attached hydrogens (tertiary/aromatic N) is 1. The van der Waals surface area contributed by atoms with Gasteiger partial charge in [0, 0.05) is 31.1 Å². The van der Waals surface area contributed by atoms with Crippen LogP contribution < -0.4 is 10.2 Å². The van der Waals surface area contributed by atoms with Crippen LogP contribution in [0.25, 0.3) is 0 Å². The van der Waals surface area contributed by atoms with E-state index in [0.717, 1.165) is 17.7 Å². The minimum Gasteiger partial charge on any atom is -0.481 e. The number of benzene rings is 1. The van der Waals surface area contributed by atoms with Gasteiger partial charge in [0.05, 0.1) is 6.42 Å². The van der Waals surface area contributed by atoms with Crippen molar-refractivity contribution in [2.45, 2.75) is 38.6 Å². The van der Waals surface area contributed by atoms with Crippen molar-refractivity contribution in [2.24, 2.45) is 0 Å². The molecule has 6 heteroatoms. The van der Waals surface area contributed by atoms with Gasteiger partial charge in [-0.15, -0.1) is 0 Å². The Morgan fingerprint density at radius 1 is 1.32 bits per heavy atom. The van der Waals surface area contributed by atoms with Crippen molar-refractivity contribution >= 4 is 23.5 Å². The first kappa shape index (κ1) is 16.0. The van der Waals surface area contributed by atoms with Gasteiger partial charge in [-0.3, -0.25) is 14.4 Å². The van der Waals surface area contributed by atoms with E-state index < -0.39 is 12.0 Å². The molecule has 0 saturated heterocycles. The molecule has 1 aliphatic rings. The molecule has 0 aromatic heterocycles. The van der Waals surface area contributed by atoms with Crippen molar-refractivity contribution in [3.05, 3.63) is 29.8 Å². The van der Waals surface area contributed by atoms with Gasteiger partial charge in [0.15, 0.2) is 0 Å². The number of carbonyl (C=O) groups excluding carboxylic acids is 2. The number of carbonyl (C=O) groups is 3. The zero-order chi connectivity index (χ0) is 16.1. The van der Waals surface area contributed by atoms with Crippen LogP contribution in [0.1, 0.15) is 31.7 Å². The van der Waals surface area contributed by atoms with Gasteiger partial charge in [0.2, 0.25) is 11.8 Å². The van der Waals surface area contributed by atoms with Gasteiger partial charge in [-0.1, -0.05) is 18.2 Å². The number of para-hydroxylation sites is 1. The molecule has 0 radical (unpaired) electrons. The first-order valence-electron chi connectivity index (χ1n) is 7.37. The largest absolute Gasteiger partial charge is 0.481 e. The third kappa shape index (κ3) is 4.07. The van der Waals surface area contributed by atoms with Crippen molar-refractivity contribution in [1.29, 1.82) is 0 Å². The number of aryl methyl sites for hydroxylation is 1. The zero-order valence-corrected chi connectivity index (χ0v) is 12.5. The molecule has 0 spiro atoms. The molecule has 1 aromatic carbocycles. The summed E-state index contributed by atoms with van der Waals surface area (Å²) in [5.74, 6) is -1.18. The first-order valence-corrected chi connectivity index (χ1v) is 7.37. The lowest BCUT2D eigenvalue weighted by Crippen LogP contribution is -2.40. The number of carboxylic acids is 1. The molecule has 0 aliphatic carbocycles. The van der Waals surface area contributed by atoms with E-state index in [1.807, 2.05) is 24.3 Å². The quantitative estimate of drug-likeness (QED) is 0.830. The summed E-state index contributed by atoms with van der Waals surface area (Å²) in [5.41, 5.74) is 1.98. The third-order valence-corrected chi connectivity index (χ3v) is 3.64. The summed E-state index contributed by atoms with van der Waals surface area (Å²) >= 11 is 0. The van der Waals surface area contributed by atoms with Crippen LogP contribution in [0.15, 0.2) is 24.3 Å². The average molecular weight is 304 g/mol. The second-order valence-corrected chi connectivity index (χ2v) is 5.49. The zero-order valence-electron chi connectivity index (χ0n) is 12.5. The number of fused-ring (bicyclic) bond motifs is 1. The Balaban J connectivity index is 1.92. The van der Waals surface area contributed by atoms with Gasteiger partial charge in [-0.2, -0.15) is 0 Å². The fraction of sp³-hybridized carbons (Fsp3) is 0.438. The van der Waals surface area contributed by atoms with Crippen LogP contribution in [0.2, 0.25) is 0 Å². The van der Waals surface area contributed by atoms with Crippen LogP contribution in [0, 0.1) is 0 Å². The lowest BCUT2D eigenvalue weighted by atomic mass is 10.0. The normalized spacial score (nSPS) is 15.1. The standard InChI is InChI=1S/C16H20N2O4/c1-11(10-16(21)22)17-14(19)8-9-18-13-5-3-2-4-12(13)6-7-15(18)20/h2-5,11H,6-10H2,1H3,(H,17,19)(H,21,22). The number of hydrogen-bond donors (Lipinski definition) is 2. The summed E-state index contributed by atoms with van der Waals surface area (Å²) in [5, 5.41) is 11.3. The molecule has 0 bridgehead atoms. The van der Waals surface area contributed by atoms with Gasteiger partial charge < -0.3 is 15.3 Å². The fourth-order valence-corrected chi connectivity index (χ4v) is 2.61. The molecule has 2 rings (SSSR count). The highest BCUT2D eigenvalue weighted by atomic mass is 16.4. The van der Waals surface area contributed by atoms with E-state index >= 15 is 0 Å². The Hall–Kier alpha value is -2.37. The predicted molar refractivity (Wildman–Crippen MR) is 81.6 cm³/mol. The molecular formula is C16H20N2O4. The van der Waals surface area contributed by atoms with Gasteiger partial charge in [-0.05, 0) is 25.0 Å². The molecule has 1 heterocycles. The maximum atomic E-state index is 12.1. The lowest BCUT2D eigenvalue weighted by Gasteiger charge is -2.29. The Morgan fingerprint density at radius 3 is 2.77 bits per heavy atom. The number of anilines is 1. The Kier molecular flexibility index (Phi) is 5.14. The van der Waals surface area contributed by atoms with E-state index in [2.05, 4.69) is 5.32 Å². The van der Waals surface area contributed by atoms with Gasteiger partial charge in [0.1, 0.15) is 0 Å². The molecule has 1 unspecified atom stereocenters. The Labute approximate surface area is 129 Å². The number of carboxylic acid groups (broad SMARTS) is 1. The SMILES string of the molecule is CC(CC(=O)O)NC(=O)CCN1C(=O)CCc2ccccc21. The van der Waals surface area contributed by atoms with Gasteiger partial charge in [0.25, 0.3) is 0 Å². The fourth-order valence-electron chi connectivity index (χ4n) is 2.61. The highest BCUT2D eigenvalue weighted by molar-refractivity contribution is 5.97. The number of aliphatic carboxylic acids is 1. The van der Waals surface area contributed by atoms with E-state index in [9.17, 15) is 14.4 Å². The van der Waals surface area contributed by atoms with Crippen molar-refractivity contribution < 1.29 is 19.5 Å². The van der Waals surface area contributed by atoms with Crippen LogP contribution in [0.5, 0.6) is 0 Å². The minimum atomic E-state index is -0.951. The first-order chi connectivity index (χ1) is 10.5. The summed E-state index contributed by atoms with van der Waals surface area (Å²) in [6, 6.07) is 7.27. The van der Waals surface area contributed by atoms with Crippen LogP contribution in [0.4, 0.5) is 5.69 Å². The number of rotatable bonds is 6. The van der Waals surface area contributed by atoms with Gasteiger partial charge >= 0.3 is 5.97 Å². The van der Waals surface area contributed by atoms with Crippen molar-refractivity contribution in [2.75, 3.05) is 11.4 Å². The van der Waals surface area contributed by atoms with Crippen molar-refractivity contribution in [3.8, 4) is 0 Å². The number of nitrogens with one attached hydrogen (secondary N) is 1. The summed E-state index contributed by atoms with van der Waals surface area (Å²) < 4.78 is 0. The van der Waals surface area contributed by atoms with E-state index in [-0.39, 0.29) is 24.7 Å². The summed E-state index contributed by atoms with van der Waals surface area (Å²) in [7, 11) is 0. The summed E-state index contributed by atoms with van der Waals surface area (Å²) in [6.07, 6.45) is 1.22. The molecular weight excluding hydrogens is 284 g/mol. The molecule has 2 N–H and O–H groups in total. The molecule has 1 aliphatic heterocycles. The van der Waals surface area contributed by atoms with E-state index in [1.165, 1.54) is 0 Å².